The summed E-state index contributed by atoms with van der Waals surface area (Å²) >= 11 is 1.28. The number of aryl methyl sites for hydroxylation is 4. The van der Waals surface area contributed by atoms with Crippen LogP contribution in [0.2, 0.25) is 0 Å². The number of nitrogens with zero attached hydrogens (tertiary/aromatic N) is 2. The van der Waals surface area contributed by atoms with Crippen molar-refractivity contribution in [3.8, 4) is 5.69 Å². The highest BCUT2D eigenvalue weighted by molar-refractivity contribution is 7.99. The topological polar surface area (TPSA) is 64.0 Å². The van der Waals surface area contributed by atoms with Gasteiger partial charge in [0, 0.05) is 5.69 Å². The molecule has 1 aromatic heterocycles. The number of thioether (sulfide) groups is 1. The van der Waals surface area contributed by atoms with E-state index < -0.39 is 0 Å². The highest BCUT2D eigenvalue weighted by atomic mass is 32.2. The van der Waals surface area contributed by atoms with Crippen LogP contribution in [-0.4, -0.2) is 21.2 Å². The molecule has 4 aromatic rings. The fourth-order valence-electron chi connectivity index (χ4n) is 4.49. The Hall–Kier alpha value is -3.38. The lowest BCUT2D eigenvalue weighted by Gasteiger charge is -2.14. The Morgan fingerprint density at radius 2 is 1.76 bits per heavy atom. The summed E-state index contributed by atoms with van der Waals surface area (Å²) < 4.78 is 1.62. The number of hydrogen-bond donors (Lipinski definition) is 1. The molecule has 5 nitrogen and oxygen atoms in total. The Morgan fingerprint density at radius 1 is 1.00 bits per heavy atom. The van der Waals surface area contributed by atoms with E-state index in [1.165, 1.54) is 29.3 Å². The van der Waals surface area contributed by atoms with E-state index in [1.54, 1.807) is 10.6 Å². The molecule has 1 N–H and O–H groups in total. The van der Waals surface area contributed by atoms with Crippen LogP contribution in [0.1, 0.15) is 28.7 Å². The van der Waals surface area contributed by atoms with Crippen molar-refractivity contribution in [1.29, 1.82) is 0 Å². The fourth-order valence-corrected chi connectivity index (χ4v) is 5.31. The van der Waals surface area contributed by atoms with Gasteiger partial charge in [0.1, 0.15) is 0 Å². The molecule has 0 saturated carbocycles. The SMILES string of the molecule is Cc1cc(C)cc(-n2c(SCC(=O)Nc3ccc4c(c3)CCC4)nc3ccccc3c2=O)c1. The van der Waals surface area contributed by atoms with Crippen LogP contribution in [0.5, 0.6) is 0 Å². The van der Waals surface area contributed by atoms with Crippen molar-refractivity contribution in [2.75, 3.05) is 11.1 Å². The summed E-state index contributed by atoms with van der Waals surface area (Å²) in [6.45, 7) is 4.01. The highest BCUT2D eigenvalue weighted by Crippen LogP contribution is 2.26. The Kier molecular flexibility index (Phi) is 5.77. The van der Waals surface area contributed by atoms with Gasteiger partial charge in [-0.3, -0.25) is 14.2 Å². The van der Waals surface area contributed by atoms with Crippen LogP contribution < -0.4 is 10.9 Å². The van der Waals surface area contributed by atoms with Gasteiger partial charge in [-0.05, 0) is 91.8 Å². The van der Waals surface area contributed by atoms with E-state index in [9.17, 15) is 9.59 Å². The lowest BCUT2D eigenvalue weighted by atomic mass is 10.1. The van der Waals surface area contributed by atoms with Gasteiger partial charge in [0.2, 0.25) is 5.91 Å². The van der Waals surface area contributed by atoms with Gasteiger partial charge in [-0.15, -0.1) is 0 Å². The molecule has 0 bridgehead atoms. The average molecular weight is 456 g/mol. The third kappa shape index (κ3) is 4.44. The largest absolute Gasteiger partial charge is 0.325 e. The Bertz CT molecular complexity index is 1420. The molecule has 0 aliphatic heterocycles. The van der Waals surface area contributed by atoms with Crippen molar-refractivity contribution in [1.82, 2.24) is 9.55 Å². The maximum Gasteiger partial charge on any atom is 0.266 e. The van der Waals surface area contributed by atoms with Crippen molar-refractivity contribution in [2.45, 2.75) is 38.3 Å². The monoisotopic (exact) mass is 455 g/mol. The molecule has 33 heavy (non-hydrogen) atoms. The number of anilines is 1. The normalized spacial score (nSPS) is 12.7. The molecule has 1 amide bonds. The van der Waals surface area contributed by atoms with Gasteiger partial charge in [-0.25, -0.2) is 4.98 Å². The number of para-hydroxylation sites is 1. The predicted octanol–water partition coefficient (Wildman–Crippen LogP) is 5.22. The fraction of sp³-hybridized carbons (Fsp3) is 0.222. The van der Waals surface area contributed by atoms with Crippen LogP contribution in [0, 0.1) is 13.8 Å². The minimum atomic E-state index is -0.132. The standard InChI is InChI=1S/C27H25N3O2S/c1-17-12-18(2)14-22(13-17)30-26(32)23-8-3-4-9-24(23)29-27(30)33-16-25(31)28-21-11-10-19-6-5-7-20(19)15-21/h3-4,8-15H,5-7,16H2,1-2H3,(H,28,31). The quantitative estimate of drug-likeness (QED) is 0.331. The smallest absolute Gasteiger partial charge is 0.266 e. The number of carbonyl (C=O) groups excluding carboxylic acids is 1. The maximum absolute atomic E-state index is 13.4. The second-order valence-corrected chi connectivity index (χ2v) is 9.51. The zero-order valence-corrected chi connectivity index (χ0v) is 19.5. The molecular formula is C27H25N3O2S. The highest BCUT2D eigenvalue weighted by Gasteiger charge is 2.16. The summed E-state index contributed by atoms with van der Waals surface area (Å²) in [6, 6.07) is 19.5. The molecule has 0 saturated heterocycles. The van der Waals surface area contributed by atoms with Crippen LogP contribution >= 0.6 is 11.8 Å². The molecule has 6 heteroatoms. The molecule has 0 radical (unpaired) electrons. The number of rotatable bonds is 5. The van der Waals surface area contributed by atoms with E-state index in [1.807, 2.05) is 50.2 Å². The average Bonchev–Trinajstić information content (AvgIpc) is 3.25. The van der Waals surface area contributed by atoms with Crippen LogP contribution in [0.4, 0.5) is 5.69 Å². The molecule has 3 aromatic carbocycles. The van der Waals surface area contributed by atoms with Gasteiger partial charge >= 0.3 is 0 Å². The van der Waals surface area contributed by atoms with E-state index in [4.69, 9.17) is 4.98 Å². The molecule has 0 atom stereocenters. The lowest BCUT2D eigenvalue weighted by Crippen LogP contribution is -2.23. The third-order valence-corrected chi connectivity index (χ3v) is 6.86. The minimum absolute atomic E-state index is 0.118. The molecule has 166 valence electrons. The molecule has 0 fully saturated rings. The van der Waals surface area contributed by atoms with Crippen molar-refractivity contribution in [3.05, 3.63) is 93.3 Å². The van der Waals surface area contributed by atoms with Crippen molar-refractivity contribution >= 4 is 34.3 Å². The molecule has 1 heterocycles. The van der Waals surface area contributed by atoms with Gasteiger partial charge in [-0.2, -0.15) is 0 Å². The summed E-state index contributed by atoms with van der Waals surface area (Å²) in [7, 11) is 0. The van der Waals surface area contributed by atoms with Crippen LogP contribution in [-0.2, 0) is 17.6 Å². The molecule has 0 spiro atoms. The Morgan fingerprint density at radius 3 is 2.58 bits per heavy atom. The van der Waals surface area contributed by atoms with Gasteiger partial charge < -0.3 is 5.32 Å². The maximum atomic E-state index is 13.4. The first kappa shape index (κ1) is 21.5. The summed E-state index contributed by atoms with van der Waals surface area (Å²) in [5.74, 6) is 0.0412. The van der Waals surface area contributed by atoms with Crippen LogP contribution in [0.25, 0.3) is 16.6 Å². The summed E-state index contributed by atoms with van der Waals surface area (Å²) in [4.78, 5) is 30.9. The lowest BCUT2D eigenvalue weighted by molar-refractivity contribution is -0.113. The molecule has 0 unspecified atom stereocenters. The second-order valence-electron chi connectivity index (χ2n) is 8.57. The van der Waals surface area contributed by atoms with E-state index in [2.05, 4.69) is 23.5 Å². The number of nitrogens with one attached hydrogen (secondary N) is 1. The van der Waals surface area contributed by atoms with Gasteiger partial charge in [0.05, 0.1) is 22.3 Å². The Balaban J connectivity index is 1.45. The number of carbonyl (C=O) groups is 1. The van der Waals surface area contributed by atoms with E-state index in [0.29, 0.717) is 16.1 Å². The summed E-state index contributed by atoms with van der Waals surface area (Å²) in [6.07, 6.45) is 3.35. The van der Waals surface area contributed by atoms with E-state index >= 15 is 0 Å². The van der Waals surface area contributed by atoms with Gasteiger partial charge in [0.25, 0.3) is 5.56 Å². The third-order valence-electron chi connectivity index (χ3n) is 5.92. The van der Waals surface area contributed by atoms with Gasteiger partial charge in [0.15, 0.2) is 5.16 Å². The molecule has 1 aliphatic carbocycles. The number of fused-ring (bicyclic) bond motifs is 2. The van der Waals surface area contributed by atoms with Crippen LogP contribution in [0.15, 0.2) is 70.6 Å². The van der Waals surface area contributed by atoms with Crippen molar-refractivity contribution in [2.24, 2.45) is 0 Å². The summed E-state index contributed by atoms with van der Waals surface area (Å²) in [5.41, 5.74) is 6.90. The molecule has 5 rings (SSSR count). The second kappa shape index (κ2) is 8.87. The van der Waals surface area contributed by atoms with E-state index in [-0.39, 0.29) is 17.2 Å². The molecule has 1 aliphatic rings. The Labute approximate surface area is 196 Å². The predicted molar refractivity (Wildman–Crippen MR) is 135 cm³/mol. The molecular weight excluding hydrogens is 430 g/mol. The van der Waals surface area contributed by atoms with Gasteiger partial charge in [-0.1, -0.05) is 36.0 Å². The van der Waals surface area contributed by atoms with Crippen LogP contribution in [0.3, 0.4) is 0 Å². The number of aromatic nitrogens is 2. The number of amides is 1. The summed E-state index contributed by atoms with van der Waals surface area (Å²) in [5, 5.41) is 4.06. The first-order chi connectivity index (χ1) is 16.0. The first-order valence-electron chi connectivity index (χ1n) is 11.1. The zero-order chi connectivity index (χ0) is 22.9. The minimum Gasteiger partial charge on any atom is -0.325 e. The number of benzene rings is 3. The van der Waals surface area contributed by atoms with Crippen molar-refractivity contribution < 1.29 is 4.79 Å². The van der Waals surface area contributed by atoms with Crippen molar-refractivity contribution in [3.63, 3.8) is 0 Å². The first-order valence-corrected chi connectivity index (χ1v) is 12.1. The zero-order valence-electron chi connectivity index (χ0n) is 18.7. The number of hydrogen-bond acceptors (Lipinski definition) is 4. The van der Waals surface area contributed by atoms with E-state index in [0.717, 1.165) is 35.3 Å².